The lowest BCUT2D eigenvalue weighted by atomic mass is 10.0. The van der Waals surface area contributed by atoms with Gasteiger partial charge in [-0.2, -0.15) is 0 Å². The Labute approximate surface area is 109 Å². The second-order valence-corrected chi connectivity index (χ2v) is 4.56. The minimum Gasteiger partial charge on any atom is -0.508 e. The van der Waals surface area contributed by atoms with Crippen molar-refractivity contribution in [2.24, 2.45) is 5.92 Å². The number of benzene rings is 2. The molecule has 0 saturated heterocycles. The standard InChI is InChI=1S/C10H14O.C6H6O/c1-8(2)7-9-5-3-4-6-10(9)11;7-6-4-2-1-3-5-6/h3-6,8,11H,7H2,1-2H3;1-5,7H. The van der Waals surface area contributed by atoms with Crippen molar-refractivity contribution in [3.8, 4) is 11.5 Å². The molecule has 0 aliphatic carbocycles. The Morgan fingerprint density at radius 3 is 1.83 bits per heavy atom. The van der Waals surface area contributed by atoms with Crippen molar-refractivity contribution in [3.63, 3.8) is 0 Å². The van der Waals surface area contributed by atoms with Gasteiger partial charge in [-0.25, -0.2) is 0 Å². The minimum atomic E-state index is 0.322. The summed E-state index contributed by atoms with van der Waals surface area (Å²) in [6, 6.07) is 16.2. The minimum absolute atomic E-state index is 0.322. The van der Waals surface area contributed by atoms with Gasteiger partial charge in [0, 0.05) is 0 Å². The fraction of sp³-hybridized carbons (Fsp3) is 0.250. The van der Waals surface area contributed by atoms with E-state index in [1.54, 1.807) is 30.3 Å². The number of aromatic hydroxyl groups is 2. The molecule has 2 heteroatoms. The number of rotatable bonds is 2. The van der Waals surface area contributed by atoms with Gasteiger partial charge in [-0.3, -0.25) is 0 Å². The maximum Gasteiger partial charge on any atom is 0.118 e. The molecule has 0 spiro atoms. The lowest BCUT2D eigenvalue weighted by molar-refractivity contribution is 0.462. The number of hydrogen-bond donors (Lipinski definition) is 2. The second-order valence-electron chi connectivity index (χ2n) is 4.56. The van der Waals surface area contributed by atoms with E-state index < -0.39 is 0 Å². The highest BCUT2D eigenvalue weighted by Gasteiger charge is 2.00. The first-order chi connectivity index (χ1) is 8.59. The van der Waals surface area contributed by atoms with Gasteiger partial charge >= 0.3 is 0 Å². The number of hydrogen-bond acceptors (Lipinski definition) is 2. The molecule has 0 saturated carbocycles. The summed E-state index contributed by atoms with van der Waals surface area (Å²) in [4.78, 5) is 0. The van der Waals surface area contributed by atoms with Crippen LogP contribution >= 0.6 is 0 Å². The Kier molecular flexibility index (Phi) is 5.78. The quantitative estimate of drug-likeness (QED) is 0.838. The summed E-state index contributed by atoms with van der Waals surface area (Å²) < 4.78 is 0. The summed E-state index contributed by atoms with van der Waals surface area (Å²) in [5, 5.41) is 18.0. The first kappa shape index (κ1) is 14.1. The van der Waals surface area contributed by atoms with Gasteiger partial charge in [0.25, 0.3) is 0 Å². The molecule has 2 N–H and O–H groups in total. The smallest absolute Gasteiger partial charge is 0.118 e. The van der Waals surface area contributed by atoms with Crippen LogP contribution < -0.4 is 0 Å². The van der Waals surface area contributed by atoms with E-state index in [1.807, 2.05) is 24.3 Å². The van der Waals surface area contributed by atoms with Crippen LogP contribution in [-0.4, -0.2) is 10.2 Å². The van der Waals surface area contributed by atoms with Crippen molar-refractivity contribution in [3.05, 3.63) is 60.2 Å². The van der Waals surface area contributed by atoms with Crippen LogP contribution in [0, 0.1) is 5.92 Å². The molecule has 0 aliphatic heterocycles. The molecule has 0 atom stereocenters. The molecule has 0 radical (unpaired) electrons. The van der Waals surface area contributed by atoms with E-state index in [4.69, 9.17) is 5.11 Å². The third-order valence-corrected chi connectivity index (χ3v) is 2.38. The van der Waals surface area contributed by atoms with Crippen LogP contribution in [0.3, 0.4) is 0 Å². The molecule has 18 heavy (non-hydrogen) atoms. The maximum absolute atomic E-state index is 9.36. The average Bonchev–Trinajstić information content (AvgIpc) is 2.33. The van der Waals surface area contributed by atoms with Crippen LogP contribution in [-0.2, 0) is 6.42 Å². The summed E-state index contributed by atoms with van der Waals surface area (Å²) in [5.41, 5.74) is 1.04. The Hall–Kier alpha value is -1.96. The number of phenols is 2. The van der Waals surface area contributed by atoms with Gasteiger partial charge in [0.1, 0.15) is 11.5 Å². The summed E-state index contributed by atoms with van der Waals surface area (Å²) >= 11 is 0. The van der Waals surface area contributed by atoms with Crippen molar-refractivity contribution in [2.45, 2.75) is 20.3 Å². The molecule has 2 rings (SSSR count). The Morgan fingerprint density at radius 2 is 1.39 bits per heavy atom. The summed E-state index contributed by atoms with van der Waals surface area (Å²) in [5.74, 6) is 1.34. The van der Waals surface area contributed by atoms with Crippen molar-refractivity contribution >= 4 is 0 Å². The normalized spacial score (nSPS) is 9.72. The molecule has 0 amide bonds. The Balaban J connectivity index is 0.000000199. The first-order valence-corrected chi connectivity index (χ1v) is 6.10. The average molecular weight is 244 g/mol. The SMILES string of the molecule is CC(C)Cc1ccccc1O.Oc1ccccc1. The largest absolute Gasteiger partial charge is 0.508 e. The molecular formula is C16H20O2. The summed E-state index contributed by atoms with van der Waals surface area (Å²) in [7, 11) is 0. The van der Waals surface area contributed by atoms with Crippen molar-refractivity contribution in [2.75, 3.05) is 0 Å². The monoisotopic (exact) mass is 244 g/mol. The van der Waals surface area contributed by atoms with Crippen LogP contribution in [0.1, 0.15) is 19.4 Å². The molecular weight excluding hydrogens is 224 g/mol. The molecule has 2 nitrogen and oxygen atoms in total. The van der Waals surface area contributed by atoms with Gasteiger partial charge in [-0.05, 0) is 36.1 Å². The van der Waals surface area contributed by atoms with Gasteiger partial charge in [-0.1, -0.05) is 50.2 Å². The fourth-order valence-electron chi connectivity index (χ4n) is 1.55. The lowest BCUT2D eigenvalue weighted by Gasteiger charge is -2.05. The number of phenolic OH excluding ortho intramolecular Hbond substituents is 2. The van der Waals surface area contributed by atoms with Crippen LogP contribution in [0.5, 0.6) is 11.5 Å². The molecule has 0 aromatic heterocycles. The summed E-state index contributed by atoms with van der Waals surface area (Å²) in [6.45, 7) is 4.29. The first-order valence-electron chi connectivity index (χ1n) is 6.10. The van der Waals surface area contributed by atoms with E-state index in [1.165, 1.54) is 0 Å². The molecule has 0 heterocycles. The highest BCUT2D eigenvalue weighted by Crippen LogP contribution is 2.18. The molecule has 0 bridgehead atoms. The second kappa shape index (κ2) is 7.38. The third kappa shape index (κ3) is 5.39. The fourth-order valence-corrected chi connectivity index (χ4v) is 1.55. The van der Waals surface area contributed by atoms with Crippen molar-refractivity contribution in [1.29, 1.82) is 0 Å². The predicted molar refractivity (Wildman–Crippen MR) is 74.8 cm³/mol. The van der Waals surface area contributed by atoms with E-state index in [2.05, 4.69) is 13.8 Å². The zero-order chi connectivity index (χ0) is 13.4. The van der Waals surface area contributed by atoms with Crippen LogP contribution in [0.25, 0.3) is 0 Å². The van der Waals surface area contributed by atoms with Crippen LogP contribution in [0.2, 0.25) is 0 Å². The topological polar surface area (TPSA) is 40.5 Å². The van der Waals surface area contributed by atoms with Crippen molar-refractivity contribution in [1.82, 2.24) is 0 Å². The van der Waals surface area contributed by atoms with Crippen LogP contribution in [0.4, 0.5) is 0 Å². The van der Waals surface area contributed by atoms with E-state index in [9.17, 15) is 5.11 Å². The lowest BCUT2D eigenvalue weighted by Crippen LogP contribution is -1.93. The van der Waals surface area contributed by atoms with E-state index in [-0.39, 0.29) is 0 Å². The van der Waals surface area contributed by atoms with Gasteiger partial charge < -0.3 is 10.2 Å². The van der Waals surface area contributed by atoms with E-state index >= 15 is 0 Å². The maximum atomic E-state index is 9.36. The van der Waals surface area contributed by atoms with Crippen molar-refractivity contribution < 1.29 is 10.2 Å². The van der Waals surface area contributed by atoms with Crippen LogP contribution in [0.15, 0.2) is 54.6 Å². The van der Waals surface area contributed by atoms with E-state index in [0.29, 0.717) is 17.4 Å². The van der Waals surface area contributed by atoms with Gasteiger partial charge in [-0.15, -0.1) is 0 Å². The highest BCUT2D eigenvalue weighted by atomic mass is 16.3. The predicted octanol–water partition coefficient (Wildman–Crippen LogP) is 3.98. The highest BCUT2D eigenvalue weighted by molar-refractivity contribution is 5.31. The number of para-hydroxylation sites is 2. The summed E-state index contributed by atoms with van der Waals surface area (Å²) in [6.07, 6.45) is 0.951. The Morgan fingerprint density at radius 1 is 0.833 bits per heavy atom. The Bertz CT molecular complexity index is 450. The molecule has 2 aromatic rings. The van der Waals surface area contributed by atoms with Gasteiger partial charge in [0.05, 0.1) is 0 Å². The molecule has 0 aliphatic rings. The zero-order valence-electron chi connectivity index (χ0n) is 10.9. The molecule has 96 valence electrons. The zero-order valence-corrected chi connectivity index (χ0v) is 10.9. The molecule has 0 unspecified atom stereocenters. The van der Waals surface area contributed by atoms with Gasteiger partial charge in [0.2, 0.25) is 0 Å². The molecule has 2 aromatic carbocycles. The third-order valence-electron chi connectivity index (χ3n) is 2.38. The van der Waals surface area contributed by atoms with E-state index in [0.717, 1.165) is 12.0 Å². The molecule has 0 fully saturated rings. The van der Waals surface area contributed by atoms with Gasteiger partial charge in [0.15, 0.2) is 0 Å².